The number of pyridine rings is 1. The standard InChI is InChI=1S/C26H25N7/c1-3-19-5-4-6-22(30-19)25-24(18-9-12-21-23(15-18)29-14-13-28-21)31-26(32-25)33(2)20-10-7-17(16-27)8-11-20/h4-15,21,23,28-29H,3H2,1-2H3,(H,31,32). The van der Waals surface area contributed by atoms with Gasteiger partial charge in [-0.05, 0) is 42.8 Å². The van der Waals surface area contributed by atoms with E-state index in [9.17, 15) is 0 Å². The topological polar surface area (TPSA) is 92.7 Å². The lowest BCUT2D eigenvalue weighted by atomic mass is 9.94. The molecule has 0 radical (unpaired) electrons. The zero-order chi connectivity index (χ0) is 22.8. The molecule has 2 unspecified atom stereocenters. The molecule has 5 rings (SSSR count). The van der Waals surface area contributed by atoms with E-state index < -0.39 is 0 Å². The lowest BCUT2D eigenvalue weighted by Gasteiger charge is -2.29. The SMILES string of the molecule is CCc1cccc(-c2[nH]c(N(C)c3ccc(C#N)cc3)nc2C2=CC3NC=CNC3C=C2)n1. The van der Waals surface area contributed by atoms with E-state index in [2.05, 4.69) is 46.8 Å². The second kappa shape index (κ2) is 8.67. The van der Waals surface area contributed by atoms with Crippen molar-refractivity contribution >= 4 is 17.2 Å². The van der Waals surface area contributed by atoms with Gasteiger partial charge in [-0.2, -0.15) is 5.26 Å². The average molecular weight is 436 g/mol. The Bertz CT molecular complexity index is 1290. The molecule has 0 bridgehead atoms. The van der Waals surface area contributed by atoms with Gasteiger partial charge in [0.25, 0.3) is 0 Å². The molecule has 3 N–H and O–H groups in total. The van der Waals surface area contributed by atoms with Gasteiger partial charge in [-0.3, -0.25) is 4.98 Å². The van der Waals surface area contributed by atoms with Crippen molar-refractivity contribution in [3.05, 3.63) is 90.0 Å². The van der Waals surface area contributed by atoms with Crippen molar-refractivity contribution in [2.24, 2.45) is 0 Å². The van der Waals surface area contributed by atoms with Crippen molar-refractivity contribution in [1.29, 1.82) is 5.26 Å². The van der Waals surface area contributed by atoms with Gasteiger partial charge in [-0.1, -0.05) is 31.2 Å². The first-order valence-corrected chi connectivity index (χ1v) is 11.0. The van der Waals surface area contributed by atoms with E-state index in [1.54, 1.807) is 0 Å². The molecule has 3 aromatic rings. The quantitative estimate of drug-likeness (QED) is 0.560. The number of H-pyrrole nitrogens is 1. The van der Waals surface area contributed by atoms with Crippen LogP contribution in [0, 0.1) is 11.3 Å². The number of anilines is 2. The summed E-state index contributed by atoms with van der Waals surface area (Å²) >= 11 is 0. The Labute approximate surface area is 193 Å². The third-order valence-electron chi connectivity index (χ3n) is 5.98. The van der Waals surface area contributed by atoms with Crippen LogP contribution in [0.4, 0.5) is 11.6 Å². The van der Waals surface area contributed by atoms with Gasteiger partial charge in [0, 0.05) is 36.4 Å². The first-order chi connectivity index (χ1) is 16.2. The van der Waals surface area contributed by atoms with Crippen LogP contribution in [-0.2, 0) is 6.42 Å². The fraction of sp³-hybridized carbons (Fsp3) is 0.192. The Balaban J connectivity index is 1.58. The molecule has 1 aromatic carbocycles. The number of nitrogens with zero attached hydrogens (tertiary/aromatic N) is 4. The third-order valence-corrected chi connectivity index (χ3v) is 5.98. The maximum atomic E-state index is 9.10. The molecule has 0 fully saturated rings. The number of aryl methyl sites for hydroxylation is 1. The highest BCUT2D eigenvalue weighted by Crippen LogP contribution is 2.33. The minimum Gasteiger partial charge on any atom is -0.381 e. The summed E-state index contributed by atoms with van der Waals surface area (Å²) in [6.45, 7) is 2.10. The second-order valence-corrected chi connectivity index (χ2v) is 8.07. The van der Waals surface area contributed by atoms with Crippen molar-refractivity contribution in [2.45, 2.75) is 25.4 Å². The predicted molar refractivity (Wildman–Crippen MR) is 131 cm³/mol. The molecule has 0 amide bonds. The summed E-state index contributed by atoms with van der Waals surface area (Å²) in [4.78, 5) is 15.3. The average Bonchev–Trinajstić information content (AvgIpc) is 3.33. The van der Waals surface area contributed by atoms with Crippen LogP contribution in [0.3, 0.4) is 0 Å². The molecular formula is C26H25N7. The van der Waals surface area contributed by atoms with Gasteiger partial charge >= 0.3 is 0 Å². The number of allylic oxidation sites excluding steroid dienone is 2. The Morgan fingerprint density at radius 2 is 1.82 bits per heavy atom. The van der Waals surface area contributed by atoms with E-state index in [4.69, 9.17) is 15.2 Å². The number of nitrogens with one attached hydrogen (secondary N) is 3. The Morgan fingerprint density at radius 1 is 1.03 bits per heavy atom. The Hall–Kier alpha value is -4.31. The van der Waals surface area contributed by atoms with Crippen LogP contribution in [0.1, 0.15) is 23.9 Å². The van der Waals surface area contributed by atoms with Gasteiger partial charge in [0.2, 0.25) is 5.95 Å². The van der Waals surface area contributed by atoms with Crippen LogP contribution in [0.15, 0.2) is 73.1 Å². The number of rotatable bonds is 5. The fourth-order valence-electron chi connectivity index (χ4n) is 4.08. The molecule has 1 aliphatic carbocycles. The number of fused-ring (bicyclic) bond motifs is 1. The van der Waals surface area contributed by atoms with Crippen molar-refractivity contribution < 1.29 is 0 Å². The highest BCUT2D eigenvalue weighted by atomic mass is 15.2. The van der Waals surface area contributed by atoms with Gasteiger partial charge < -0.3 is 20.5 Å². The second-order valence-electron chi connectivity index (χ2n) is 8.07. The number of benzene rings is 1. The largest absolute Gasteiger partial charge is 0.381 e. The van der Waals surface area contributed by atoms with Crippen LogP contribution in [-0.4, -0.2) is 34.1 Å². The Kier molecular flexibility index (Phi) is 5.41. The molecule has 7 heteroatoms. The lowest BCUT2D eigenvalue weighted by Crippen LogP contribution is -2.46. The Morgan fingerprint density at radius 3 is 2.58 bits per heavy atom. The van der Waals surface area contributed by atoms with E-state index in [0.717, 1.165) is 40.5 Å². The van der Waals surface area contributed by atoms with Crippen molar-refractivity contribution in [3.8, 4) is 17.5 Å². The van der Waals surface area contributed by atoms with E-state index in [1.165, 1.54) is 0 Å². The fourth-order valence-corrected chi connectivity index (χ4v) is 4.08. The molecule has 2 aromatic heterocycles. The third kappa shape index (κ3) is 3.99. The number of aromatic amines is 1. The molecule has 7 nitrogen and oxygen atoms in total. The summed E-state index contributed by atoms with van der Waals surface area (Å²) in [5.74, 6) is 0.708. The summed E-state index contributed by atoms with van der Waals surface area (Å²) in [7, 11) is 1.96. The summed E-state index contributed by atoms with van der Waals surface area (Å²) in [5.41, 5.74) is 6.24. The van der Waals surface area contributed by atoms with Gasteiger partial charge in [0.1, 0.15) is 0 Å². The van der Waals surface area contributed by atoms with Crippen LogP contribution >= 0.6 is 0 Å². The van der Waals surface area contributed by atoms with E-state index >= 15 is 0 Å². The number of aromatic nitrogens is 3. The van der Waals surface area contributed by atoms with E-state index in [-0.39, 0.29) is 12.1 Å². The highest BCUT2D eigenvalue weighted by Gasteiger charge is 2.25. The number of nitriles is 1. The molecule has 164 valence electrons. The first kappa shape index (κ1) is 20.6. The normalized spacial score (nSPS) is 18.5. The highest BCUT2D eigenvalue weighted by molar-refractivity contribution is 5.84. The van der Waals surface area contributed by atoms with Crippen molar-refractivity contribution in [3.63, 3.8) is 0 Å². The maximum Gasteiger partial charge on any atom is 0.208 e. The molecule has 1 aliphatic heterocycles. The molecule has 33 heavy (non-hydrogen) atoms. The van der Waals surface area contributed by atoms with Crippen LogP contribution in [0.2, 0.25) is 0 Å². The molecular weight excluding hydrogens is 410 g/mol. The number of hydrogen-bond donors (Lipinski definition) is 3. The number of imidazole rings is 1. The van der Waals surface area contributed by atoms with Crippen LogP contribution < -0.4 is 15.5 Å². The van der Waals surface area contributed by atoms with Crippen LogP contribution in [0.5, 0.6) is 0 Å². The van der Waals surface area contributed by atoms with Gasteiger partial charge in [-0.15, -0.1) is 0 Å². The molecule has 3 heterocycles. The number of hydrogen-bond acceptors (Lipinski definition) is 6. The summed E-state index contributed by atoms with van der Waals surface area (Å²) in [6.07, 6.45) is 11.2. The van der Waals surface area contributed by atoms with E-state index in [0.29, 0.717) is 11.5 Å². The minimum atomic E-state index is 0.147. The van der Waals surface area contributed by atoms with E-state index in [1.807, 2.05) is 66.8 Å². The molecule has 0 saturated carbocycles. The molecule has 2 atom stereocenters. The smallest absolute Gasteiger partial charge is 0.208 e. The van der Waals surface area contributed by atoms with Gasteiger partial charge in [0.05, 0.1) is 40.8 Å². The summed E-state index contributed by atoms with van der Waals surface area (Å²) < 4.78 is 0. The predicted octanol–water partition coefficient (Wildman–Crippen LogP) is 4.03. The molecule has 2 aliphatic rings. The zero-order valence-electron chi connectivity index (χ0n) is 18.6. The van der Waals surface area contributed by atoms with Crippen molar-refractivity contribution in [2.75, 3.05) is 11.9 Å². The minimum absolute atomic E-state index is 0.147. The summed E-state index contributed by atoms with van der Waals surface area (Å²) in [6, 6.07) is 16.1. The monoisotopic (exact) mass is 435 g/mol. The zero-order valence-corrected chi connectivity index (χ0v) is 18.6. The van der Waals surface area contributed by atoms with Crippen molar-refractivity contribution in [1.82, 2.24) is 25.6 Å². The van der Waals surface area contributed by atoms with Gasteiger partial charge in [0.15, 0.2) is 0 Å². The first-order valence-electron chi connectivity index (χ1n) is 11.0. The molecule has 0 spiro atoms. The van der Waals surface area contributed by atoms with Gasteiger partial charge in [-0.25, -0.2) is 4.98 Å². The maximum absolute atomic E-state index is 9.10. The lowest BCUT2D eigenvalue weighted by molar-refractivity contribution is 0.535. The molecule has 0 saturated heterocycles. The van der Waals surface area contributed by atoms with Crippen LogP contribution in [0.25, 0.3) is 17.0 Å². The summed E-state index contributed by atoms with van der Waals surface area (Å²) in [5, 5.41) is 15.9.